The molecular formula is C42H43Cl2N3O4. The smallest absolute Gasteiger partial charge is 0.303 e. The molecule has 7 nitrogen and oxygen atoms in total. The van der Waals surface area contributed by atoms with Crippen LogP contribution in [0.5, 0.6) is 5.75 Å². The summed E-state index contributed by atoms with van der Waals surface area (Å²) < 4.78 is 7.58. The Kier molecular flexibility index (Phi) is 12.1. The summed E-state index contributed by atoms with van der Waals surface area (Å²) in [4.78, 5) is 29.1. The first-order chi connectivity index (χ1) is 24.7. The molecule has 1 heterocycles. The molecule has 1 aliphatic carbocycles. The topological polar surface area (TPSA) is 93.5 Å². The fourth-order valence-electron chi connectivity index (χ4n) is 6.67. The maximum absolute atomic E-state index is 13.4. The maximum Gasteiger partial charge on any atom is 0.303 e. The number of carbonyl (C=O) groups is 2. The second kappa shape index (κ2) is 17.1. The van der Waals surface area contributed by atoms with Gasteiger partial charge < -0.3 is 19.7 Å². The molecule has 0 spiro atoms. The molecule has 1 aliphatic rings. The first-order valence-electron chi connectivity index (χ1n) is 17.6. The lowest BCUT2D eigenvalue weighted by molar-refractivity contribution is -0.137. The minimum absolute atomic E-state index is 0.0735. The molecule has 51 heavy (non-hydrogen) atoms. The first kappa shape index (κ1) is 36.2. The number of imidazole rings is 1. The summed E-state index contributed by atoms with van der Waals surface area (Å²) >= 11 is 13.2. The molecule has 4 atom stereocenters. The number of nitrogens with zero attached hydrogens (tertiary/aromatic N) is 2. The highest BCUT2D eigenvalue weighted by Crippen LogP contribution is 2.38. The van der Waals surface area contributed by atoms with Gasteiger partial charge in [-0.05, 0) is 82.8 Å². The Bertz CT molecular complexity index is 1970. The lowest BCUT2D eigenvalue weighted by Gasteiger charge is -2.28. The van der Waals surface area contributed by atoms with E-state index in [0.717, 1.165) is 41.6 Å². The van der Waals surface area contributed by atoms with Crippen LogP contribution in [0.1, 0.15) is 73.5 Å². The highest BCUT2D eigenvalue weighted by atomic mass is 35.5. The third-order valence-electron chi connectivity index (χ3n) is 9.51. The molecule has 1 aromatic heterocycles. The average Bonchev–Trinajstić information content (AvgIpc) is 3.53. The zero-order chi connectivity index (χ0) is 35.7. The molecule has 3 unspecified atom stereocenters. The van der Waals surface area contributed by atoms with Crippen molar-refractivity contribution >= 4 is 58.0 Å². The monoisotopic (exact) mass is 723 g/mol. The molecule has 264 valence electrons. The third kappa shape index (κ3) is 9.60. The number of halogens is 2. The number of aliphatic carboxylic acids is 1. The summed E-state index contributed by atoms with van der Waals surface area (Å²) in [6.45, 7) is 3.17. The van der Waals surface area contributed by atoms with Crippen LogP contribution in [0, 0.1) is 0 Å². The van der Waals surface area contributed by atoms with Crippen LogP contribution in [0.15, 0.2) is 97.2 Å². The van der Waals surface area contributed by atoms with E-state index < -0.39 is 5.97 Å². The number of amides is 1. The molecule has 4 aromatic carbocycles. The van der Waals surface area contributed by atoms with Crippen molar-refractivity contribution in [3.8, 4) is 16.9 Å². The van der Waals surface area contributed by atoms with Gasteiger partial charge in [0.25, 0.3) is 0 Å². The van der Waals surface area contributed by atoms with Crippen LogP contribution in [0.3, 0.4) is 0 Å². The molecule has 1 fully saturated rings. The second-order valence-corrected chi connectivity index (χ2v) is 14.5. The Labute approximate surface area is 309 Å². The summed E-state index contributed by atoms with van der Waals surface area (Å²) in [6.07, 6.45) is 8.97. The number of carboxylic acid groups (broad SMARTS) is 1. The number of ether oxygens (including phenoxy) is 1. The van der Waals surface area contributed by atoms with Crippen molar-refractivity contribution in [3.05, 3.63) is 120 Å². The SMILES string of the molecule is CC(CNC(=O)Cn1cc([C@@H]2CCC(Cl)CC2Cl)nc1/C=C/c1ccc(-c2ccc(OCCCC(=O)O)cc2)cc1)c1cccc2ccccc12. The molecule has 0 saturated heterocycles. The number of hydrogen-bond donors (Lipinski definition) is 2. The van der Waals surface area contributed by atoms with Crippen LogP contribution in [0.2, 0.25) is 0 Å². The van der Waals surface area contributed by atoms with Gasteiger partial charge in [0.1, 0.15) is 18.1 Å². The standard InChI is InChI=1S/C42H43Cl2N3O4/c1-28(35-9-4-7-32-6-2-3-8-36(32)35)25-45-41(48)27-47-26-39(37-21-18-33(43)24-38(37)44)46-40(47)22-13-29-11-14-30(15-12-29)31-16-19-34(20-17-31)51-23-5-10-42(49)50/h2-4,6-9,11-17,19-20,22,26,28,33,37-38H,5,10,18,21,23-25,27H2,1H3,(H,45,48)(H,49,50)/b22-13+/t28?,33?,37-,38?/m1/s1. The maximum atomic E-state index is 13.4. The Morgan fingerprint density at radius 1 is 0.961 bits per heavy atom. The molecule has 1 amide bonds. The third-order valence-corrected chi connectivity index (χ3v) is 10.4. The predicted octanol–water partition coefficient (Wildman–Crippen LogP) is 9.52. The van der Waals surface area contributed by atoms with Crippen molar-refractivity contribution < 1.29 is 19.4 Å². The van der Waals surface area contributed by atoms with Crippen LogP contribution in [0.4, 0.5) is 0 Å². The molecule has 0 radical (unpaired) electrons. The van der Waals surface area contributed by atoms with E-state index in [9.17, 15) is 9.59 Å². The average molecular weight is 725 g/mol. The lowest BCUT2D eigenvalue weighted by atomic mass is 9.86. The zero-order valence-electron chi connectivity index (χ0n) is 28.7. The van der Waals surface area contributed by atoms with E-state index in [1.165, 1.54) is 16.3 Å². The normalized spacial score (nSPS) is 18.1. The number of aromatic nitrogens is 2. The highest BCUT2D eigenvalue weighted by molar-refractivity contribution is 6.24. The predicted molar refractivity (Wildman–Crippen MR) is 207 cm³/mol. The van der Waals surface area contributed by atoms with E-state index in [1.54, 1.807) is 0 Å². The van der Waals surface area contributed by atoms with Crippen molar-refractivity contribution in [2.45, 2.75) is 68.2 Å². The van der Waals surface area contributed by atoms with E-state index >= 15 is 0 Å². The van der Waals surface area contributed by atoms with Crippen molar-refractivity contribution in [1.29, 1.82) is 0 Å². The Morgan fingerprint density at radius 2 is 1.69 bits per heavy atom. The number of fused-ring (bicyclic) bond motifs is 1. The van der Waals surface area contributed by atoms with Gasteiger partial charge in [-0.25, -0.2) is 4.98 Å². The van der Waals surface area contributed by atoms with Crippen LogP contribution >= 0.6 is 23.2 Å². The Balaban J connectivity index is 1.13. The van der Waals surface area contributed by atoms with Gasteiger partial charge in [0.15, 0.2) is 0 Å². The van der Waals surface area contributed by atoms with Gasteiger partial charge in [-0.3, -0.25) is 9.59 Å². The summed E-state index contributed by atoms with van der Waals surface area (Å²) in [5.74, 6) is 0.729. The van der Waals surface area contributed by atoms with Gasteiger partial charge in [0.05, 0.1) is 12.3 Å². The molecular weight excluding hydrogens is 681 g/mol. The van der Waals surface area contributed by atoms with E-state index in [1.807, 2.05) is 71.4 Å². The van der Waals surface area contributed by atoms with Crippen molar-refractivity contribution in [2.75, 3.05) is 13.2 Å². The number of carboxylic acids is 1. The van der Waals surface area contributed by atoms with Gasteiger partial charge in [0, 0.05) is 35.8 Å². The molecule has 6 rings (SSSR count). The van der Waals surface area contributed by atoms with Gasteiger partial charge in [0.2, 0.25) is 5.91 Å². The van der Waals surface area contributed by atoms with Crippen LogP contribution in [-0.2, 0) is 16.1 Å². The van der Waals surface area contributed by atoms with Gasteiger partial charge in [-0.1, -0.05) is 91.9 Å². The number of rotatable bonds is 14. The molecule has 0 aliphatic heterocycles. The largest absolute Gasteiger partial charge is 0.494 e. The molecule has 5 aromatic rings. The van der Waals surface area contributed by atoms with E-state index in [4.69, 9.17) is 38.0 Å². The minimum Gasteiger partial charge on any atom is -0.494 e. The van der Waals surface area contributed by atoms with Gasteiger partial charge in [-0.2, -0.15) is 0 Å². The fourth-order valence-corrected chi connectivity index (χ4v) is 7.55. The second-order valence-electron chi connectivity index (χ2n) is 13.3. The number of hydrogen-bond acceptors (Lipinski definition) is 4. The Hall–Kier alpha value is -4.59. The van der Waals surface area contributed by atoms with Gasteiger partial charge >= 0.3 is 5.97 Å². The van der Waals surface area contributed by atoms with Crippen LogP contribution in [0.25, 0.3) is 34.1 Å². The van der Waals surface area contributed by atoms with E-state index in [2.05, 4.69) is 54.7 Å². The fraction of sp³-hybridized carbons (Fsp3) is 0.310. The number of benzene rings is 4. The molecule has 0 bridgehead atoms. The van der Waals surface area contributed by atoms with Crippen molar-refractivity contribution in [2.24, 2.45) is 0 Å². The van der Waals surface area contributed by atoms with Crippen LogP contribution < -0.4 is 10.1 Å². The highest BCUT2D eigenvalue weighted by Gasteiger charge is 2.31. The van der Waals surface area contributed by atoms with Crippen molar-refractivity contribution in [1.82, 2.24) is 14.9 Å². The summed E-state index contributed by atoms with van der Waals surface area (Å²) in [7, 11) is 0. The van der Waals surface area contributed by atoms with Crippen LogP contribution in [-0.4, -0.2) is 50.4 Å². The van der Waals surface area contributed by atoms with E-state index in [0.29, 0.717) is 31.1 Å². The zero-order valence-corrected chi connectivity index (χ0v) is 30.2. The quantitative estimate of drug-likeness (QED) is 0.0880. The van der Waals surface area contributed by atoms with Gasteiger partial charge in [-0.15, -0.1) is 23.2 Å². The number of nitrogens with one attached hydrogen (secondary N) is 1. The molecule has 1 saturated carbocycles. The minimum atomic E-state index is -0.821. The summed E-state index contributed by atoms with van der Waals surface area (Å²) in [6, 6.07) is 30.7. The Morgan fingerprint density at radius 3 is 2.43 bits per heavy atom. The summed E-state index contributed by atoms with van der Waals surface area (Å²) in [5.41, 5.74) is 5.21. The number of carbonyl (C=O) groups excluding carboxylic acids is 1. The molecule has 9 heteroatoms. The lowest BCUT2D eigenvalue weighted by Crippen LogP contribution is -2.31. The van der Waals surface area contributed by atoms with E-state index in [-0.39, 0.29) is 41.5 Å². The summed E-state index contributed by atoms with van der Waals surface area (Å²) in [5, 5.41) is 14.3. The first-order valence-corrected chi connectivity index (χ1v) is 18.4. The number of alkyl halides is 2. The van der Waals surface area contributed by atoms with Crippen molar-refractivity contribution in [3.63, 3.8) is 0 Å². The molecule has 2 N–H and O–H groups in total.